The zero-order chi connectivity index (χ0) is 11.4. The first-order valence-electron chi connectivity index (χ1n) is 4.90. The molecular formula is C10H14ClFO3. The third-order valence-corrected chi connectivity index (χ3v) is 3.10. The Hall–Kier alpha value is -0.640. The summed E-state index contributed by atoms with van der Waals surface area (Å²) in [5.41, 5.74) is 0. The van der Waals surface area contributed by atoms with Gasteiger partial charge < -0.3 is 4.74 Å². The summed E-state index contributed by atoms with van der Waals surface area (Å²) in [7, 11) is 1.24. The first kappa shape index (κ1) is 12.4. The van der Waals surface area contributed by atoms with Gasteiger partial charge in [-0.15, -0.1) is 11.6 Å². The maximum atomic E-state index is 13.1. The molecule has 0 amide bonds. The van der Waals surface area contributed by atoms with Crippen LogP contribution in [0, 0.1) is 11.8 Å². The summed E-state index contributed by atoms with van der Waals surface area (Å²) in [6.45, 7) is 0. The minimum atomic E-state index is -1.02. The number of carbonyl (C=O) groups excluding carboxylic acids is 2. The van der Waals surface area contributed by atoms with Crippen LogP contribution in [-0.4, -0.2) is 30.9 Å². The Bertz CT molecular complexity index is 257. The molecule has 1 aliphatic carbocycles. The largest absolute Gasteiger partial charge is 0.469 e. The topological polar surface area (TPSA) is 43.4 Å². The van der Waals surface area contributed by atoms with Gasteiger partial charge in [-0.25, -0.2) is 4.39 Å². The van der Waals surface area contributed by atoms with Gasteiger partial charge in [0, 0.05) is 5.92 Å². The van der Waals surface area contributed by atoms with E-state index in [9.17, 15) is 14.0 Å². The van der Waals surface area contributed by atoms with Gasteiger partial charge in [-0.2, -0.15) is 0 Å². The number of carbonyl (C=O) groups is 2. The van der Waals surface area contributed by atoms with Gasteiger partial charge in [0.25, 0.3) is 0 Å². The van der Waals surface area contributed by atoms with Crippen molar-refractivity contribution >= 4 is 23.4 Å². The maximum absolute atomic E-state index is 13.1. The Kier molecular flexibility index (Phi) is 4.51. The average Bonchev–Trinajstić information content (AvgIpc) is 2.26. The van der Waals surface area contributed by atoms with Crippen LogP contribution < -0.4 is 0 Å². The summed E-state index contributed by atoms with van der Waals surface area (Å²) in [6.07, 6.45) is -0.249. The summed E-state index contributed by atoms with van der Waals surface area (Å²) in [4.78, 5) is 22.8. The number of Topliss-reactive ketones (excluding diaryl/α,β-unsaturated/α-hetero) is 1. The molecule has 15 heavy (non-hydrogen) atoms. The van der Waals surface area contributed by atoms with Crippen molar-refractivity contribution in [1.82, 2.24) is 0 Å². The summed E-state index contributed by atoms with van der Waals surface area (Å²) in [6, 6.07) is 0. The zero-order valence-corrected chi connectivity index (χ0v) is 9.30. The van der Waals surface area contributed by atoms with Crippen LogP contribution in [0.15, 0.2) is 0 Å². The maximum Gasteiger partial charge on any atom is 0.309 e. The van der Waals surface area contributed by atoms with Crippen LogP contribution in [0.3, 0.4) is 0 Å². The van der Waals surface area contributed by atoms with E-state index in [1.165, 1.54) is 7.11 Å². The van der Waals surface area contributed by atoms with Gasteiger partial charge in [0.2, 0.25) is 0 Å². The van der Waals surface area contributed by atoms with E-state index in [1.807, 2.05) is 0 Å². The third kappa shape index (κ3) is 2.91. The van der Waals surface area contributed by atoms with Crippen LogP contribution in [0.2, 0.25) is 0 Å². The normalized spacial score (nSPS) is 31.0. The number of alkyl halides is 2. The van der Waals surface area contributed by atoms with Gasteiger partial charge in [-0.05, 0) is 19.3 Å². The highest BCUT2D eigenvalue weighted by atomic mass is 35.5. The molecule has 1 saturated carbocycles. The lowest BCUT2D eigenvalue weighted by Crippen LogP contribution is -2.37. The summed E-state index contributed by atoms with van der Waals surface area (Å²) >= 11 is 5.44. The molecule has 1 fully saturated rings. The van der Waals surface area contributed by atoms with Gasteiger partial charge in [-0.3, -0.25) is 9.59 Å². The lowest BCUT2D eigenvalue weighted by molar-refractivity contribution is -0.152. The molecule has 0 aromatic carbocycles. The summed E-state index contributed by atoms with van der Waals surface area (Å²) in [5.74, 6) is -1.97. The Morgan fingerprint density at radius 1 is 1.40 bits per heavy atom. The van der Waals surface area contributed by atoms with Gasteiger partial charge in [0.05, 0.1) is 18.9 Å². The molecule has 3 nitrogen and oxygen atoms in total. The lowest BCUT2D eigenvalue weighted by atomic mass is 9.76. The van der Waals surface area contributed by atoms with Crippen LogP contribution >= 0.6 is 11.6 Å². The van der Waals surface area contributed by atoms with Crippen molar-refractivity contribution < 1.29 is 18.7 Å². The van der Waals surface area contributed by atoms with Crippen molar-refractivity contribution in [3.05, 3.63) is 0 Å². The molecule has 86 valence electrons. The van der Waals surface area contributed by atoms with Crippen LogP contribution in [0.25, 0.3) is 0 Å². The molecule has 0 aromatic rings. The Morgan fingerprint density at radius 2 is 2.07 bits per heavy atom. The summed E-state index contributed by atoms with van der Waals surface area (Å²) in [5, 5.41) is 0. The van der Waals surface area contributed by atoms with Gasteiger partial charge in [-0.1, -0.05) is 0 Å². The molecule has 0 N–H and O–H groups in total. The number of hydrogen-bond acceptors (Lipinski definition) is 3. The lowest BCUT2D eigenvalue weighted by Gasteiger charge is -2.29. The number of halogens is 2. The van der Waals surface area contributed by atoms with E-state index in [-0.39, 0.29) is 18.1 Å². The standard InChI is InChI=1S/C10H14ClFO3/c1-15-10(14)8-4-6(12)2-3-7(8)9(13)5-11/h6-8H,2-5H2,1H3/t6-,7+,8+/m0/s1. The van der Waals surface area contributed by atoms with Crippen LogP contribution in [-0.2, 0) is 14.3 Å². The van der Waals surface area contributed by atoms with E-state index in [2.05, 4.69) is 4.74 Å². The second-order valence-corrected chi connectivity index (χ2v) is 4.01. The molecule has 1 aliphatic rings. The van der Waals surface area contributed by atoms with Crippen molar-refractivity contribution in [2.75, 3.05) is 13.0 Å². The van der Waals surface area contributed by atoms with Crippen molar-refractivity contribution in [3.8, 4) is 0 Å². The SMILES string of the molecule is COC(=O)[C@@H]1C[C@@H](F)CC[C@H]1C(=O)CCl. The molecule has 0 heterocycles. The molecule has 0 bridgehead atoms. The second kappa shape index (κ2) is 5.45. The predicted octanol–water partition coefficient (Wildman–Crippen LogP) is 1.72. The molecule has 5 heteroatoms. The zero-order valence-electron chi connectivity index (χ0n) is 8.54. The van der Waals surface area contributed by atoms with Crippen molar-refractivity contribution in [3.63, 3.8) is 0 Å². The van der Waals surface area contributed by atoms with E-state index in [0.29, 0.717) is 12.8 Å². The van der Waals surface area contributed by atoms with Gasteiger partial charge in [0.1, 0.15) is 6.17 Å². The number of methoxy groups -OCH3 is 1. The van der Waals surface area contributed by atoms with Gasteiger partial charge >= 0.3 is 5.97 Å². The minimum Gasteiger partial charge on any atom is -0.469 e. The molecule has 0 radical (unpaired) electrons. The average molecular weight is 237 g/mol. The molecular weight excluding hydrogens is 223 g/mol. The van der Waals surface area contributed by atoms with E-state index >= 15 is 0 Å². The van der Waals surface area contributed by atoms with Crippen LogP contribution in [0.1, 0.15) is 19.3 Å². The van der Waals surface area contributed by atoms with Crippen molar-refractivity contribution in [2.24, 2.45) is 11.8 Å². The van der Waals surface area contributed by atoms with E-state index in [4.69, 9.17) is 11.6 Å². The Morgan fingerprint density at radius 3 is 2.60 bits per heavy atom. The van der Waals surface area contributed by atoms with E-state index < -0.39 is 24.0 Å². The summed E-state index contributed by atoms with van der Waals surface area (Å²) < 4.78 is 17.7. The fourth-order valence-electron chi connectivity index (χ4n) is 2.02. The number of ether oxygens (including phenoxy) is 1. The number of ketones is 1. The second-order valence-electron chi connectivity index (χ2n) is 3.75. The van der Waals surface area contributed by atoms with Crippen LogP contribution in [0.5, 0.6) is 0 Å². The molecule has 0 saturated heterocycles. The van der Waals surface area contributed by atoms with E-state index in [1.54, 1.807) is 0 Å². The number of esters is 1. The smallest absolute Gasteiger partial charge is 0.309 e. The highest BCUT2D eigenvalue weighted by Crippen LogP contribution is 2.33. The van der Waals surface area contributed by atoms with Crippen molar-refractivity contribution in [2.45, 2.75) is 25.4 Å². The molecule has 3 atom stereocenters. The first-order chi connectivity index (χ1) is 7.10. The van der Waals surface area contributed by atoms with Gasteiger partial charge in [0.15, 0.2) is 5.78 Å². The van der Waals surface area contributed by atoms with Crippen LogP contribution in [0.4, 0.5) is 4.39 Å². The molecule has 0 unspecified atom stereocenters. The fourth-order valence-corrected chi connectivity index (χ4v) is 2.21. The Balaban J connectivity index is 2.74. The fraction of sp³-hybridized carbons (Fsp3) is 0.800. The predicted molar refractivity (Wildman–Crippen MR) is 53.5 cm³/mol. The number of rotatable bonds is 3. The number of hydrogen-bond donors (Lipinski definition) is 0. The third-order valence-electron chi connectivity index (χ3n) is 2.84. The molecule has 0 spiro atoms. The highest BCUT2D eigenvalue weighted by molar-refractivity contribution is 6.28. The Labute approximate surface area is 92.9 Å². The first-order valence-corrected chi connectivity index (χ1v) is 5.44. The highest BCUT2D eigenvalue weighted by Gasteiger charge is 2.39. The van der Waals surface area contributed by atoms with Crippen molar-refractivity contribution in [1.29, 1.82) is 0 Å². The quantitative estimate of drug-likeness (QED) is 0.554. The monoisotopic (exact) mass is 236 g/mol. The molecule has 1 rings (SSSR count). The van der Waals surface area contributed by atoms with E-state index in [0.717, 1.165) is 0 Å². The minimum absolute atomic E-state index is 0.0694. The molecule has 0 aromatic heterocycles. The molecule has 0 aliphatic heterocycles.